The van der Waals surface area contributed by atoms with Crippen LogP contribution in [0.5, 0.6) is 5.75 Å². The normalized spacial score (nSPS) is 14.2. The Morgan fingerprint density at radius 1 is 1.15 bits per heavy atom. The van der Waals surface area contributed by atoms with Gasteiger partial charge in [-0.25, -0.2) is 0 Å². The number of carbonyl (C=O) groups is 1. The SMILES string of the molecule is CC(=O)c1ccc(O)c(CN2Cc3ccccc3C2)c1. The molecule has 0 atom stereocenters. The van der Waals surface area contributed by atoms with Crippen molar-refractivity contribution >= 4 is 5.78 Å². The zero-order valence-corrected chi connectivity index (χ0v) is 11.5. The monoisotopic (exact) mass is 267 g/mol. The van der Waals surface area contributed by atoms with Gasteiger partial charge in [0.2, 0.25) is 0 Å². The lowest BCUT2D eigenvalue weighted by Crippen LogP contribution is -2.16. The number of hydrogen-bond donors (Lipinski definition) is 1. The molecule has 1 N–H and O–H groups in total. The van der Waals surface area contributed by atoms with Crippen LogP contribution in [-0.4, -0.2) is 15.8 Å². The van der Waals surface area contributed by atoms with Crippen molar-refractivity contribution in [1.82, 2.24) is 4.90 Å². The maximum atomic E-state index is 11.4. The topological polar surface area (TPSA) is 40.5 Å². The Bertz CT molecular complexity index is 639. The molecule has 102 valence electrons. The van der Waals surface area contributed by atoms with Crippen molar-refractivity contribution in [2.45, 2.75) is 26.6 Å². The highest BCUT2D eigenvalue weighted by molar-refractivity contribution is 5.94. The van der Waals surface area contributed by atoms with Crippen LogP contribution in [0.25, 0.3) is 0 Å². The van der Waals surface area contributed by atoms with E-state index in [1.54, 1.807) is 25.1 Å². The van der Waals surface area contributed by atoms with Crippen molar-refractivity contribution in [2.24, 2.45) is 0 Å². The van der Waals surface area contributed by atoms with E-state index in [1.807, 2.05) is 0 Å². The van der Waals surface area contributed by atoms with E-state index in [9.17, 15) is 9.90 Å². The average molecular weight is 267 g/mol. The molecule has 0 bridgehead atoms. The van der Waals surface area contributed by atoms with Gasteiger partial charge in [0, 0.05) is 30.8 Å². The summed E-state index contributed by atoms with van der Waals surface area (Å²) in [5, 5.41) is 9.96. The van der Waals surface area contributed by atoms with E-state index in [2.05, 4.69) is 29.2 Å². The van der Waals surface area contributed by atoms with Gasteiger partial charge in [0.1, 0.15) is 5.75 Å². The minimum atomic E-state index is 0.0240. The third-order valence-electron chi connectivity index (χ3n) is 3.79. The summed E-state index contributed by atoms with van der Waals surface area (Å²) in [7, 11) is 0. The van der Waals surface area contributed by atoms with Crippen LogP contribution in [-0.2, 0) is 19.6 Å². The molecule has 1 aliphatic heterocycles. The fourth-order valence-corrected chi connectivity index (χ4v) is 2.69. The zero-order valence-electron chi connectivity index (χ0n) is 11.5. The largest absolute Gasteiger partial charge is 0.508 e. The minimum Gasteiger partial charge on any atom is -0.508 e. The fourth-order valence-electron chi connectivity index (χ4n) is 2.69. The molecule has 3 nitrogen and oxygen atoms in total. The van der Waals surface area contributed by atoms with Crippen molar-refractivity contribution < 1.29 is 9.90 Å². The van der Waals surface area contributed by atoms with E-state index < -0.39 is 0 Å². The fraction of sp³-hybridized carbons (Fsp3) is 0.235. The Balaban J connectivity index is 1.80. The number of phenols is 1. The van der Waals surface area contributed by atoms with Gasteiger partial charge in [0.15, 0.2) is 5.78 Å². The van der Waals surface area contributed by atoms with E-state index in [-0.39, 0.29) is 11.5 Å². The maximum Gasteiger partial charge on any atom is 0.159 e. The molecule has 2 aromatic rings. The van der Waals surface area contributed by atoms with Gasteiger partial charge in [-0.05, 0) is 36.2 Å². The molecular formula is C17H17NO2. The van der Waals surface area contributed by atoms with Gasteiger partial charge in [-0.15, -0.1) is 0 Å². The number of carbonyl (C=O) groups excluding carboxylic acids is 1. The Morgan fingerprint density at radius 3 is 2.40 bits per heavy atom. The zero-order chi connectivity index (χ0) is 14.1. The van der Waals surface area contributed by atoms with Crippen LogP contribution in [0.4, 0.5) is 0 Å². The van der Waals surface area contributed by atoms with E-state index in [0.717, 1.165) is 18.7 Å². The molecule has 2 aromatic carbocycles. The number of Topliss-reactive ketones (excluding diaryl/α,β-unsaturated/α-hetero) is 1. The molecule has 1 heterocycles. The lowest BCUT2D eigenvalue weighted by molar-refractivity contribution is 0.101. The van der Waals surface area contributed by atoms with E-state index in [4.69, 9.17) is 0 Å². The summed E-state index contributed by atoms with van der Waals surface area (Å²) in [5.41, 5.74) is 4.14. The lowest BCUT2D eigenvalue weighted by atomic mass is 10.1. The van der Waals surface area contributed by atoms with Gasteiger partial charge in [0.05, 0.1) is 0 Å². The number of hydrogen-bond acceptors (Lipinski definition) is 3. The van der Waals surface area contributed by atoms with Crippen LogP contribution >= 0.6 is 0 Å². The summed E-state index contributed by atoms with van der Waals surface area (Å²) in [6, 6.07) is 13.4. The Kier molecular flexibility index (Phi) is 3.28. The van der Waals surface area contributed by atoms with Gasteiger partial charge in [-0.2, -0.15) is 0 Å². The molecule has 0 saturated heterocycles. The number of fused-ring (bicyclic) bond motifs is 1. The number of benzene rings is 2. The van der Waals surface area contributed by atoms with Gasteiger partial charge in [0.25, 0.3) is 0 Å². The highest BCUT2D eigenvalue weighted by atomic mass is 16.3. The second-order valence-electron chi connectivity index (χ2n) is 5.31. The number of nitrogens with zero attached hydrogens (tertiary/aromatic N) is 1. The standard InChI is InChI=1S/C17H17NO2/c1-12(19)13-6-7-17(20)16(8-13)11-18-9-14-4-2-3-5-15(14)10-18/h2-8,20H,9-11H2,1H3. The van der Waals surface area contributed by atoms with Crippen LogP contribution < -0.4 is 0 Å². The summed E-state index contributed by atoms with van der Waals surface area (Å²) >= 11 is 0. The summed E-state index contributed by atoms with van der Waals surface area (Å²) in [4.78, 5) is 13.7. The van der Waals surface area contributed by atoms with Crippen LogP contribution in [0.15, 0.2) is 42.5 Å². The molecule has 0 amide bonds. The number of aromatic hydroxyl groups is 1. The molecule has 0 fully saturated rings. The molecule has 0 spiro atoms. The van der Waals surface area contributed by atoms with Crippen molar-refractivity contribution in [1.29, 1.82) is 0 Å². The second kappa shape index (κ2) is 5.10. The van der Waals surface area contributed by atoms with Crippen LogP contribution in [0.1, 0.15) is 34.0 Å². The van der Waals surface area contributed by atoms with Crippen molar-refractivity contribution in [3.05, 3.63) is 64.7 Å². The number of phenolic OH excluding ortho intramolecular Hbond substituents is 1. The van der Waals surface area contributed by atoms with E-state index >= 15 is 0 Å². The van der Waals surface area contributed by atoms with Gasteiger partial charge in [-0.3, -0.25) is 9.69 Å². The molecule has 0 radical (unpaired) electrons. The molecule has 1 aliphatic rings. The average Bonchev–Trinajstić information content (AvgIpc) is 2.83. The van der Waals surface area contributed by atoms with Gasteiger partial charge >= 0.3 is 0 Å². The van der Waals surface area contributed by atoms with Crippen molar-refractivity contribution in [3.8, 4) is 5.75 Å². The number of rotatable bonds is 3. The van der Waals surface area contributed by atoms with Crippen LogP contribution in [0.2, 0.25) is 0 Å². The highest BCUT2D eigenvalue weighted by Gasteiger charge is 2.19. The smallest absolute Gasteiger partial charge is 0.159 e. The summed E-state index contributed by atoms with van der Waals surface area (Å²) in [6.07, 6.45) is 0. The minimum absolute atomic E-state index is 0.0240. The van der Waals surface area contributed by atoms with E-state index in [0.29, 0.717) is 12.1 Å². The molecule has 3 heteroatoms. The second-order valence-corrected chi connectivity index (χ2v) is 5.31. The molecule has 0 aliphatic carbocycles. The molecule has 0 aromatic heterocycles. The molecule has 20 heavy (non-hydrogen) atoms. The quantitative estimate of drug-likeness (QED) is 0.869. The molecule has 0 saturated carbocycles. The van der Waals surface area contributed by atoms with E-state index in [1.165, 1.54) is 11.1 Å². The first-order valence-electron chi connectivity index (χ1n) is 6.75. The molecular weight excluding hydrogens is 250 g/mol. The number of ketones is 1. The Morgan fingerprint density at radius 2 is 1.80 bits per heavy atom. The van der Waals surface area contributed by atoms with Crippen LogP contribution in [0, 0.1) is 0 Å². The Hall–Kier alpha value is -2.13. The first kappa shape index (κ1) is 12.9. The summed E-state index contributed by atoms with van der Waals surface area (Å²) in [6.45, 7) is 3.98. The Labute approximate surface area is 118 Å². The van der Waals surface area contributed by atoms with Crippen molar-refractivity contribution in [3.63, 3.8) is 0 Å². The maximum absolute atomic E-state index is 11.4. The predicted molar refractivity (Wildman–Crippen MR) is 77.5 cm³/mol. The van der Waals surface area contributed by atoms with Crippen molar-refractivity contribution in [2.75, 3.05) is 0 Å². The highest BCUT2D eigenvalue weighted by Crippen LogP contribution is 2.27. The summed E-state index contributed by atoms with van der Waals surface area (Å²) in [5.74, 6) is 0.280. The first-order chi connectivity index (χ1) is 9.63. The molecule has 3 rings (SSSR count). The summed E-state index contributed by atoms with van der Waals surface area (Å²) < 4.78 is 0. The lowest BCUT2D eigenvalue weighted by Gasteiger charge is -2.16. The third kappa shape index (κ3) is 2.45. The predicted octanol–water partition coefficient (Wildman–Crippen LogP) is 3.11. The third-order valence-corrected chi connectivity index (χ3v) is 3.79. The van der Waals surface area contributed by atoms with Crippen LogP contribution in [0.3, 0.4) is 0 Å². The molecule has 0 unspecified atom stereocenters. The van der Waals surface area contributed by atoms with Gasteiger partial charge < -0.3 is 5.11 Å². The first-order valence-corrected chi connectivity index (χ1v) is 6.75. The van der Waals surface area contributed by atoms with Gasteiger partial charge in [-0.1, -0.05) is 24.3 Å².